The van der Waals surface area contributed by atoms with E-state index in [2.05, 4.69) is 26.6 Å². The van der Waals surface area contributed by atoms with Crippen LogP contribution in [0, 0.1) is 6.92 Å². The van der Waals surface area contributed by atoms with E-state index in [1.807, 2.05) is 17.5 Å². The second kappa shape index (κ2) is 5.38. The summed E-state index contributed by atoms with van der Waals surface area (Å²) in [6.07, 6.45) is 12.3. The van der Waals surface area contributed by atoms with Gasteiger partial charge in [0.05, 0.1) is 0 Å². The van der Waals surface area contributed by atoms with Crippen LogP contribution in [-0.4, -0.2) is 26.1 Å². The number of aromatic nitrogens is 4. The predicted molar refractivity (Wildman–Crippen MR) is 75.2 cm³/mol. The molecule has 0 bridgehead atoms. The van der Waals surface area contributed by atoms with Crippen LogP contribution in [0.2, 0.25) is 0 Å². The van der Waals surface area contributed by atoms with Gasteiger partial charge in [-0.2, -0.15) is 0 Å². The van der Waals surface area contributed by atoms with Gasteiger partial charge in [-0.1, -0.05) is 11.6 Å². The molecule has 0 unspecified atom stereocenters. The van der Waals surface area contributed by atoms with E-state index < -0.39 is 0 Å². The van der Waals surface area contributed by atoms with Crippen molar-refractivity contribution in [2.45, 2.75) is 39.0 Å². The zero-order valence-corrected chi connectivity index (χ0v) is 11.3. The smallest absolute Gasteiger partial charge is 0.203 e. The van der Waals surface area contributed by atoms with Gasteiger partial charge >= 0.3 is 0 Å². The maximum atomic E-state index is 4.35. The van der Waals surface area contributed by atoms with E-state index in [0.717, 1.165) is 30.3 Å². The van der Waals surface area contributed by atoms with Gasteiger partial charge in [0, 0.05) is 18.9 Å². The molecule has 0 spiro atoms. The maximum Gasteiger partial charge on any atom is 0.203 e. The highest BCUT2D eigenvalue weighted by molar-refractivity contribution is 5.61. The normalized spacial score (nSPS) is 15.5. The van der Waals surface area contributed by atoms with E-state index in [1.54, 1.807) is 11.8 Å². The molecule has 1 aliphatic carbocycles. The van der Waals surface area contributed by atoms with Crippen molar-refractivity contribution in [2.24, 2.45) is 0 Å². The summed E-state index contributed by atoms with van der Waals surface area (Å²) in [6.45, 7) is 2.85. The van der Waals surface area contributed by atoms with Crippen molar-refractivity contribution in [3.8, 4) is 0 Å². The van der Waals surface area contributed by atoms with E-state index in [-0.39, 0.29) is 0 Å². The molecule has 2 aromatic heterocycles. The Labute approximate surface area is 112 Å². The minimum atomic E-state index is 0.803. The Morgan fingerprint density at radius 2 is 2.26 bits per heavy atom. The molecule has 2 aromatic rings. The van der Waals surface area contributed by atoms with Gasteiger partial charge in [-0.15, -0.1) is 10.2 Å². The molecule has 0 aromatic carbocycles. The first kappa shape index (κ1) is 12.1. The topological polar surface area (TPSA) is 55.1 Å². The lowest BCUT2D eigenvalue weighted by atomic mass is 9.97. The molecule has 0 radical (unpaired) electrons. The molecule has 0 atom stereocenters. The first-order valence-corrected chi connectivity index (χ1v) is 6.93. The number of rotatable bonds is 4. The van der Waals surface area contributed by atoms with Gasteiger partial charge in [-0.05, 0) is 39.0 Å². The number of anilines is 1. The molecule has 19 heavy (non-hydrogen) atoms. The number of hydrogen-bond acceptors (Lipinski definition) is 4. The molecule has 2 heterocycles. The summed E-state index contributed by atoms with van der Waals surface area (Å²) < 4.78 is 1.95. The molecule has 0 amide bonds. The van der Waals surface area contributed by atoms with Crippen LogP contribution in [-0.2, 0) is 0 Å². The van der Waals surface area contributed by atoms with Crippen LogP contribution in [0.15, 0.2) is 24.0 Å². The number of fused-ring (bicyclic) bond motifs is 1. The largest absolute Gasteiger partial charge is 0.367 e. The quantitative estimate of drug-likeness (QED) is 0.856. The van der Waals surface area contributed by atoms with Crippen LogP contribution < -0.4 is 5.32 Å². The summed E-state index contributed by atoms with van der Waals surface area (Å²) in [5.41, 5.74) is 2.38. The van der Waals surface area contributed by atoms with Crippen molar-refractivity contribution in [1.29, 1.82) is 0 Å². The Kier molecular flexibility index (Phi) is 3.44. The van der Waals surface area contributed by atoms with Crippen LogP contribution in [0.4, 0.5) is 5.82 Å². The molecular formula is C14H19N5. The van der Waals surface area contributed by atoms with Crippen LogP contribution >= 0.6 is 0 Å². The molecular weight excluding hydrogens is 238 g/mol. The van der Waals surface area contributed by atoms with Gasteiger partial charge in [0.15, 0.2) is 5.82 Å². The van der Waals surface area contributed by atoms with E-state index in [0.29, 0.717) is 0 Å². The van der Waals surface area contributed by atoms with Crippen molar-refractivity contribution in [3.63, 3.8) is 0 Å². The molecule has 0 saturated carbocycles. The van der Waals surface area contributed by atoms with Crippen LogP contribution in [0.25, 0.3) is 5.65 Å². The predicted octanol–water partition coefficient (Wildman–Crippen LogP) is 2.74. The summed E-state index contributed by atoms with van der Waals surface area (Å²) in [7, 11) is 0. The molecule has 0 fully saturated rings. The van der Waals surface area contributed by atoms with E-state index >= 15 is 0 Å². The monoisotopic (exact) mass is 257 g/mol. The van der Waals surface area contributed by atoms with Gasteiger partial charge in [-0.25, -0.2) is 4.98 Å². The van der Waals surface area contributed by atoms with Crippen LogP contribution in [0.3, 0.4) is 0 Å². The standard InChI is InChI=1S/C14H19N5/c1-11-17-18-14-13(16-9-10-19(11)14)15-8-7-12-5-3-2-4-6-12/h5,9-10H,2-4,6-8H2,1H3,(H,15,16). The van der Waals surface area contributed by atoms with Gasteiger partial charge in [0.25, 0.3) is 0 Å². The van der Waals surface area contributed by atoms with Crippen molar-refractivity contribution in [2.75, 3.05) is 11.9 Å². The van der Waals surface area contributed by atoms with Crippen LogP contribution in [0.1, 0.15) is 37.9 Å². The Bertz CT molecular complexity index is 599. The number of nitrogens with zero attached hydrogens (tertiary/aromatic N) is 4. The minimum Gasteiger partial charge on any atom is -0.367 e. The number of nitrogens with one attached hydrogen (secondary N) is 1. The highest BCUT2D eigenvalue weighted by Gasteiger charge is 2.08. The second-order valence-corrected chi connectivity index (χ2v) is 5.00. The van der Waals surface area contributed by atoms with Crippen LogP contribution in [0.5, 0.6) is 0 Å². The highest BCUT2D eigenvalue weighted by atomic mass is 15.3. The second-order valence-electron chi connectivity index (χ2n) is 5.00. The summed E-state index contributed by atoms with van der Waals surface area (Å²) in [5.74, 6) is 1.70. The Hall–Kier alpha value is -1.91. The molecule has 100 valence electrons. The zero-order chi connectivity index (χ0) is 13.1. The zero-order valence-electron chi connectivity index (χ0n) is 11.3. The van der Waals surface area contributed by atoms with E-state index in [4.69, 9.17) is 0 Å². The van der Waals surface area contributed by atoms with Crippen molar-refractivity contribution >= 4 is 11.5 Å². The van der Waals surface area contributed by atoms with Crippen molar-refractivity contribution < 1.29 is 0 Å². The Morgan fingerprint density at radius 1 is 1.32 bits per heavy atom. The maximum absolute atomic E-state index is 4.35. The van der Waals surface area contributed by atoms with Gasteiger partial charge < -0.3 is 5.32 Å². The van der Waals surface area contributed by atoms with Gasteiger partial charge in [-0.3, -0.25) is 4.40 Å². The molecule has 1 aliphatic rings. The third-order valence-electron chi connectivity index (χ3n) is 3.62. The molecule has 0 saturated heterocycles. The fraction of sp³-hybridized carbons (Fsp3) is 0.500. The lowest BCUT2D eigenvalue weighted by molar-refractivity contribution is 0.679. The fourth-order valence-electron chi connectivity index (χ4n) is 2.54. The Morgan fingerprint density at radius 3 is 3.11 bits per heavy atom. The lowest BCUT2D eigenvalue weighted by Gasteiger charge is -2.13. The molecule has 3 rings (SSSR count). The summed E-state index contributed by atoms with van der Waals surface area (Å²) >= 11 is 0. The third-order valence-corrected chi connectivity index (χ3v) is 3.62. The summed E-state index contributed by atoms with van der Waals surface area (Å²) in [6, 6.07) is 0. The average Bonchev–Trinajstić information content (AvgIpc) is 2.83. The van der Waals surface area contributed by atoms with E-state index in [9.17, 15) is 0 Å². The number of allylic oxidation sites excluding steroid dienone is 1. The first-order chi connectivity index (χ1) is 9.34. The molecule has 5 nitrogen and oxygen atoms in total. The number of aryl methyl sites for hydroxylation is 1. The highest BCUT2D eigenvalue weighted by Crippen LogP contribution is 2.20. The minimum absolute atomic E-state index is 0.803. The number of hydrogen-bond donors (Lipinski definition) is 1. The van der Waals surface area contributed by atoms with Gasteiger partial charge in [0.2, 0.25) is 5.65 Å². The average molecular weight is 257 g/mol. The third kappa shape index (κ3) is 2.59. The van der Waals surface area contributed by atoms with Crippen molar-refractivity contribution in [3.05, 3.63) is 29.9 Å². The Balaban J connectivity index is 1.66. The first-order valence-electron chi connectivity index (χ1n) is 6.93. The summed E-state index contributed by atoms with van der Waals surface area (Å²) in [5, 5.41) is 11.6. The van der Waals surface area contributed by atoms with Gasteiger partial charge in [0.1, 0.15) is 5.82 Å². The summed E-state index contributed by atoms with van der Waals surface area (Å²) in [4.78, 5) is 4.35. The van der Waals surface area contributed by atoms with E-state index in [1.165, 1.54) is 25.7 Å². The SMILES string of the molecule is Cc1nnc2c(NCCC3=CCCCC3)nccn12. The molecule has 1 N–H and O–H groups in total. The lowest BCUT2D eigenvalue weighted by Crippen LogP contribution is -2.07. The van der Waals surface area contributed by atoms with Crippen molar-refractivity contribution in [1.82, 2.24) is 19.6 Å². The molecule has 5 heteroatoms. The molecule has 0 aliphatic heterocycles. The fourth-order valence-corrected chi connectivity index (χ4v) is 2.54.